The molecule has 0 amide bonds. The molecule has 0 spiro atoms. The summed E-state index contributed by atoms with van der Waals surface area (Å²) >= 11 is 0. The van der Waals surface area contributed by atoms with Crippen molar-refractivity contribution in [1.29, 1.82) is 0 Å². The molecule has 0 atom stereocenters. The number of nitrogens with zero attached hydrogens (tertiary/aromatic N) is 1. The molecule has 2 heterocycles. The third kappa shape index (κ3) is 2.12. The molecule has 1 saturated heterocycles. The second-order valence-corrected chi connectivity index (χ2v) is 4.90. The van der Waals surface area contributed by atoms with Crippen LogP contribution in [0.5, 0.6) is 5.75 Å². The van der Waals surface area contributed by atoms with Gasteiger partial charge < -0.3 is 10.1 Å². The molecule has 1 N–H and O–H groups in total. The fraction of sp³-hybridized carbons (Fsp3) is 0.571. The highest BCUT2D eigenvalue weighted by Crippen LogP contribution is 2.32. The van der Waals surface area contributed by atoms with Gasteiger partial charge in [0.25, 0.3) is 0 Å². The van der Waals surface area contributed by atoms with Crippen LogP contribution in [0.2, 0.25) is 0 Å². The van der Waals surface area contributed by atoms with Crippen LogP contribution < -0.4 is 10.1 Å². The lowest BCUT2D eigenvalue weighted by molar-refractivity contribution is 0.0232. The van der Waals surface area contributed by atoms with Crippen molar-refractivity contribution in [2.24, 2.45) is 0 Å². The summed E-state index contributed by atoms with van der Waals surface area (Å²) in [7, 11) is 0. The summed E-state index contributed by atoms with van der Waals surface area (Å²) in [6.45, 7) is 6.57. The molecule has 0 saturated carbocycles. The molecule has 1 aromatic carbocycles. The van der Waals surface area contributed by atoms with Crippen molar-refractivity contribution >= 4 is 5.69 Å². The van der Waals surface area contributed by atoms with Crippen LogP contribution in [0.15, 0.2) is 18.2 Å². The van der Waals surface area contributed by atoms with E-state index < -0.39 is 0 Å². The first-order chi connectivity index (χ1) is 8.36. The summed E-state index contributed by atoms with van der Waals surface area (Å²) < 4.78 is 6.10. The van der Waals surface area contributed by atoms with Crippen LogP contribution in [0, 0.1) is 0 Å². The second-order valence-electron chi connectivity index (χ2n) is 4.90. The molecule has 3 heteroatoms. The number of anilines is 1. The minimum absolute atomic E-state index is 0.392. The van der Waals surface area contributed by atoms with Crippen molar-refractivity contribution in [2.45, 2.75) is 25.9 Å². The first-order valence-corrected chi connectivity index (χ1v) is 6.61. The Bertz CT molecular complexity index is 399. The van der Waals surface area contributed by atoms with E-state index in [1.807, 2.05) is 0 Å². The Morgan fingerprint density at radius 2 is 2.29 bits per heavy atom. The minimum Gasteiger partial charge on any atom is -0.487 e. The van der Waals surface area contributed by atoms with Crippen LogP contribution in [0.3, 0.4) is 0 Å². The summed E-state index contributed by atoms with van der Waals surface area (Å²) in [5.41, 5.74) is 2.63. The summed E-state index contributed by atoms with van der Waals surface area (Å²) in [4.78, 5) is 2.40. The van der Waals surface area contributed by atoms with E-state index in [4.69, 9.17) is 4.74 Å². The average molecular weight is 232 g/mol. The maximum Gasteiger partial charge on any atom is 0.125 e. The molecule has 3 rings (SSSR count). The summed E-state index contributed by atoms with van der Waals surface area (Å²) in [6.07, 6.45) is 2.74. The molecule has 0 aliphatic carbocycles. The van der Waals surface area contributed by atoms with Crippen LogP contribution in [0.1, 0.15) is 18.9 Å². The van der Waals surface area contributed by atoms with E-state index in [0.29, 0.717) is 6.10 Å². The SMILES string of the molecule is CCN1CC(Oc2cccc3c2CCCN3)C1. The highest BCUT2D eigenvalue weighted by atomic mass is 16.5. The van der Waals surface area contributed by atoms with Gasteiger partial charge in [-0.2, -0.15) is 0 Å². The van der Waals surface area contributed by atoms with Gasteiger partial charge in [-0.25, -0.2) is 0 Å². The second kappa shape index (κ2) is 4.57. The van der Waals surface area contributed by atoms with E-state index in [1.165, 1.54) is 17.7 Å². The van der Waals surface area contributed by atoms with Gasteiger partial charge in [-0.05, 0) is 31.5 Å². The highest BCUT2D eigenvalue weighted by molar-refractivity contribution is 5.59. The molecule has 1 aromatic rings. The summed E-state index contributed by atoms with van der Waals surface area (Å²) in [6, 6.07) is 6.35. The fourth-order valence-corrected chi connectivity index (χ4v) is 2.62. The van der Waals surface area contributed by atoms with Crippen LogP contribution in [0.25, 0.3) is 0 Å². The minimum atomic E-state index is 0.392. The van der Waals surface area contributed by atoms with Crippen LogP contribution in [-0.2, 0) is 6.42 Å². The van der Waals surface area contributed by atoms with E-state index in [2.05, 4.69) is 35.3 Å². The zero-order valence-corrected chi connectivity index (χ0v) is 10.4. The van der Waals surface area contributed by atoms with Crippen LogP contribution in [0.4, 0.5) is 5.69 Å². The Labute approximate surface area is 103 Å². The molecule has 92 valence electrons. The lowest BCUT2D eigenvalue weighted by atomic mass is 10.0. The Kier molecular flexibility index (Phi) is 2.93. The van der Waals surface area contributed by atoms with E-state index in [1.54, 1.807) is 0 Å². The van der Waals surface area contributed by atoms with Crippen molar-refractivity contribution in [3.05, 3.63) is 23.8 Å². The van der Waals surface area contributed by atoms with Gasteiger partial charge in [0.2, 0.25) is 0 Å². The summed E-state index contributed by atoms with van der Waals surface area (Å²) in [5, 5.41) is 3.44. The quantitative estimate of drug-likeness (QED) is 0.864. The Balaban J connectivity index is 1.71. The molecule has 1 fully saturated rings. The Morgan fingerprint density at radius 1 is 1.41 bits per heavy atom. The predicted molar refractivity (Wildman–Crippen MR) is 69.8 cm³/mol. The van der Waals surface area contributed by atoms with Gasteiger partial charge in [-0.3, -0.25) is 4.90 Å². The third-order valence-corrected chi connectivity index (χ3v) is 3.72. The highest BCUT2D eigenvalue weighted by Gasteiger charge is 2.27. The maximum absolute atomic E-state index is 6.10. The van der Waals surface area contributed by atoms with Gasteiger partial charge in [0.15, 0.2) is 0 Å². The number of hydrogen-bond donors (Lipinski definition) is 1. The smallest absolute Gasteiger partial charge is 0.125 e. The van der Waals surface area contributed by atoms with Crippen molar-refractivity contribution in [1.82, 2.24) is 4.90 Å². The van der Waals surface area contributed by atoms with Gasteiger partial charge in [0, 0.05) is 30.9 Å². The van der Waals surface area contributed by atoms with Crippen LogP contribution >= 0.6 is 0 Å². The number of fused-ring (bicyclic) bond motifs is 1. The Hall–Kier alpha value is -1.22. The number of likely N-dealkylation sites (N-methyl/N-ethyl adjacent to an activating group) is 1. The lowest BCUT2D eigenvalue weighted by Crippen LogP contribution is -2.53. The van der Waals surface area contributed by atoms with Crippen molar-refractivity contribution in [3.8, 4) is 5.75 Å². The topological polar surface area (TPSA) is 24.5 Å². The van der Waals surface area contributed by atoms with E-state index in [9.17, 15) is 0 Å². The number of ether oxygens (including phenoxy) is 1. The molecule has 0 unspecified atom stereocenters. The number of rotatable bonds is 3. The first-order valence-electron chi connectivity index (χ1n) is 6.61. The molecular weight excluding hydrogens is 212 g/mol. The monoisotopic (exact) mass is 232 g/mol. The first kappa shape index (κ1) is 10.9. The molecule has 3 nitrogen and oxygen atoms in total. The third-order valence-electron chi connectivity index (χ3n) is 3.72. The predicted octanol–water partition coefficient (Wildman–Crippen LogP) is 2.13. The fourth-order valence-electron chi connectivity index (χ4n) is 2.62. The van der Waals surface area contributed by atoms with Crippen LogP contribution in [-0.4, -0.2) is 37.2 Å². The zero-order chi connectivity index (χ0) is 11.7. The van der Waals surface area contributed by atoms with Gasteiger partial charge in [-0.1, -0.05) is 13.0 Å². The molecule has 0 bridgehead atoms. The lowest BCUT2D eigenvalue weighted by Gasteiger charge is -2.38. The molecular formula is C14H20N2O. The Morgan fingerprint density at radius 3 is 3.12 bits per heavy atom. The van der Waals surface area contributed by atoms with E-state index >= 15 is 0 Å². The number of hydrogen-bond acceptors (Lipinski definition) is 3. The molecule has 2 aliphatic rings. The summed E-state index contributed by atoms with van der Waals surface area (Å²) in [5.74, 6) is 1.09. The van der Waals surface area contributed by atoms with E-state index in [0.717, 1.165) is 38.3 Å². The van der Waals surface area contributed by atoms with Crippen molar-refractivity contribution < 1.29 is 4.74 Å². The van der Waals surface area contributed by atoms with Gasteiger partial charge in [0.1, 0.15) is 11.9 Å². The largest absolute Gasteiger partial charge is 0.487 e. The zero-order valence-electron chi connectivity index (χ0n) is 10.4. The number of likely N-dealkylation sites (tertiary alicyclic amines) is 1. The molecule has 0 radical (unpaired) electrons. The van der Waals surface area contributed by atoms with E-state index in [-0.39, 0.29) is 0 Å². The molecule has 2 aliphatic heterocycles. The van der Waals surface area contributed by atoms with Gasteiger partial charge >= 0.3 is 0 Å². The number of benzene rings is 1. The normalized spacial score (nSPS) is 20.3. The van der Waals surface area contributed by atoms with Crippen molar-refractivity contribution in [3.63, 3.8) is 0 Å². The number of nitrogens with one attached hydrogen (secondary N) is 1. The van der Waals surface area contributed by atoms with Crippen molar-refractivity contribution in [2.75, 3.05) is 31.5 Å². The molecule has 0 aromatic heterocycles. The average Bonchev–Trinajstić information content (AvgIpc) is 2.33. The van der Waals surface area contributed by atoms with Gasteiger partial charge in [-0.15, -0.1) is 0 Å². The molecule has 17 heavy (non-hydrogen) atoms. The maximum atomic E-state index is 6.10. The standard InChI is InChI=1S/C14H20N2O/c1-2-16-9-11(10-16)17-14-7-3-6-13-12(14)5-4-8-15-13/h3,6-7,11,15H,2,4-5,8-10H2,1H3. The van der Waals surface area contributed by atoms with Gasteiger partial charge in [0.05, 0.1) is 0 Å².